The average molecular weight is 467 g/mol. The number of ether oxygens (including phenoxy) is 1. The van der Waals surface area contributed by atoms with Gasteiger partial charge in [0.15, 0.2) is 0 Å². The van der Waals surface area contributed by atoms with Crippen molar-refractivity contribution in [2.24, 2.45) is 5.92 Å². The van der Waals surface area contributed by atoms with Gasteiger partial charge in [0.05, 0.1) is 6.61 Å². The monoisotopic (exact) mass is 466 g/mol. The van der Waals surface area contributed by atoms with E-state index in [0.29, 0.717) is 11.8 Å². The molecule has 2 aromatic rings. The molecule has 0 N–H and O–H groups in total. The second-order valence-electron chi connectivity index (χ2n) is 11.5. The van der Waals surface area contributed by atoms with Crippen LogP contribution in [-0.4, -0.2) is 21.3 Å². The molecule has 3 aliphatic carbocycles. The van der Waals surface area contributed by atoms with Crippen LogP contribution in [0.25, 0.3) is 23.8 Å². The van der Waals surface area contributed by atoms with Crippen molar-refractivity contribution < 1.29 is 4.74 Å². The first-order valence-electron chi connectivity index (χ1n) is 12.9. The molecule has 0 fully saturated rings. The third kappa shape index (κ3) is 4.71. The van der Waals surface area contributed by atoms with Crippen molar-refractivity contribution >= 4 is 31.9 Å². The maximum Gasteiger partial charge on any atom is 0.0566 e. The van der Waals surface area contributed by atoms with E-state index in [1.54, 1.807) is 5.57 Å². The van der Waals surface area contributed by atoms with Crippen molar-refractivity contribution in [3.8, 4) is 0 Å². The first-order valence-corrected chi connectivity index (χ1v) is 16.6. The zero-order valence-electron chi connectivity index (χ0n) is 21.4. The largest absolute Gasteiger partial charge is 0.381 e. The Kier molecular flexibility index (Phi) is 6.39. The molecule has 0 saturated heterocycles. The predicted molar refractivity (Wildman–Crippen MR) is 150 cm³/mol. The van der Waals surface area contributed by atoms with E-state index in [1.807, 2.05) is 0 Å². The molecule has 0 bridgehead atoms. The van der Waals surface area contributed by atoms with E-state index in [-0.39, 0.29) is 0 Å². The van der Waals surface area contributed by atoms with E-state index in [1.165, 1.54) is 49.9 Å². The zero-order valence-corrected chi connectivity index (χ0v) is 22.4. The molecule has 0 radical (unpaired) electrons. The number of rotatable bonds is 6. The SMILES string of the molecule is CC1=Cc2ccc3c(c2=CC1COCC[Si](C)(C)C)=CCC1=C3C=C[C@@H](c2ccccc2C)C1. The zero-order chi connectivity index (χ0) is 23.9. The molecule has 1 nitrogen and oxygen atoms in total. The lowest BCUT2D eigenvalue weighted by Gasteiger charge is -2.27. The summed E-state index contributed by atoms with van der Waals surface area (Å²) >= 11 is 0. The Bertz CT molecular complexity index is 1320. The van der Waals surface area contributed by atoms with Gasteiger partial charge in [0.1, 0.15) is 0 Å². The smallest absolute Gasteiger partial charge is 0.0566 e. The Hall–Kier alpha value is -2.42. The fraction of sp³-hybridized carbons (Fsp3) is 0.375. The number of benzene rings is 2. The van der Waals surface area contributed by atoms with Crippen molar-refractivity contribution in [2.75, 3.05) is 13.2 Å². The molecule has 2 atom stereocenters. The van der Waals surface area contributed by atoms with Gasteiger partial charge in [-0.05, 0) is 71.0 Å². The van der Waals surface area contributed by atoms with Crippen molar-refractivity contribution in [3.63, 3.8) is 0 Å². The minimum absolute atomic E-state index is 0.372. The van der Waals surface area contributed by atoms with Gasteiger partial charge < -0.3 is 4.74 Å². The van der Waals surface area contributed by atoms with E-state index in [0.717, 1.165) is 26.1 Å². The highest BCUT2D eigenvalue weighted by molar-refractivity contribution is 6.76. The molecule has 2 aromatic carbocycles. The predicted octanol–water partition coefficient (Wildman–Crippen LogP) is 6.84. The first-order chi connectivity index (χ1) is 16.3. The summed E-state index contributed by atoms with van der Waals surface area (Å²) in [6, 6.07) is 14.7. The summed E-state index contributed by atoms with van der Waals surface area (Å²) in [7, 11) is -1.05. The summed E-state index contributed by atoms with van der Waals surface area (Å²) in [5.41, 5.74) is 10.1. The number of allylic oxidation sites excluding steroid dienone is 4. The van der Waals surface area contributed by atoms with Gasteiger partial charge in [0.2, 0.25) is 0 Å². The number of hydrogen-bond acceptors (Lipinski definition) is 1. The van der Waals surface area contributed by atoms with Crippen molar-refractivity contribution in [1.29, 1.82) is 0 Å². The lowest BCUT2D eigenvalue weighted by Crippen LogP contribution is -2.36. The second-order valence-corrected chi connectivity index (χ2v) is 17.1. The van der Waals surface area contributed by atoms with Gasteiger partial charge in [0.25, 0.3) is 0 Å². The van der Waals surface area contributed by atoms with Crippen LogP contribution in [0.4, 0.5) is 0 Å². The lowest BCUT2D eigenvalue weighted by atomic mass is 9.77. The quantitative estimate of drug-likeness (QED) is 0.334. The van der Waals surface area contributed by atoms with Gasteiger partial charge in [-0.15, -0.1) is 0 Å². The number of fused-ring (bicyclic) bond motifs is 4. The second kappa shape index (κ2) is 9.32. The van der Waals surface area contributed by atoms with E-state index >= 15 is 0 Å². The molecule has 34 heavy (non-hydrogen) atoms. The Balaban J connectivity index is 1.41. The lowest BCUT2D eigenvalue weighted by molar-refractivity contribution is 0.136. The summed E-state index contributed by atoms with van der Waals surface area (Å²) < 4.78 is 6.16. The minimum Gasteiger partial charge on any atom is -0.381 e. The molecule has 3 aliphatic rings. The van der Waals surface area contributed by atoms with E-state index < -0.39 is 8.07 Å². The van der Waals surface area contributed by atoms with Crippen molar-refractivity contribution in [1.82, 2.24) is 0 Å². The third-order valence-corrected chi connectivity index (χ3v) is 9.43. The maximum atomic E-state index is 6.16. The van der Waals surface area contributed by atoms with Crippen LogP contribution in [0.1, 0.15) is 47.9 Å². The molecule has 0 heterocycles. The molecule has 2 heteroatoms. The van der Waals surface area contributed by atoms with Crippen LogP contribution in [0.3, 0.4) is 0 Å². The van der Waals surface area contributed by atoms with Crippen LogP contribution in [0.15, 0.2) is 59.7 Å². The Morgan fingerprint density at radius 3 is 2.62 bits per heavy atom. The highest BCUT2D eigenvalue weighted by atomic mass is 28.3. The van der Waals surface area contributed by atoms with Gasteiger partial charge >= 0.3 is 0 Å². The summed E-state index contributed by atoms with van der Waals surface area (Å²) in [5, 5.41) is 2.83. The Labute approximate surface area is 206 Å². The van der Waals surface area contributed by atoms with Crippen LogP contribution < -0.4 is 10.4 Å². The fourth-order valence-electron chi connectivity index (χ4n) is 5.56. The molecule has 0 aromatic heterocycles. The number of hydrogen-bond donors (Lipinski definition) is 0. The summed E-state index contributed by atoms with van der Waals surface area (Å²) in [4.78, 5) is 0. The van der Waals surface area contributed by atoms with E-state index in [9.17, 15) is 0 Å². The number of aryl methyl sites for hydroxylation is 1. The summed E-state index contributed by atoms with van der Waals surface area (Å²) in [5.74, 6) is 0.860. The van der Waals surface area contributed by atoms with Crippen LogP contribution >= 0.6 is 0 Å². The maximum absolute atomic E-state index is 6.16. The topological polar surface area (TPSA) is 9.23 Å². The van der Waals surface area contributed by atoms with Crippen molar-refractivity contribution in [3.05, 3.63) is 92.4 Å². The summed E-state index contributed by atoms with van der Waals surface area (Å²) in [6.07, 6.45) is 14.3. The summed E-state index contributed by atoms with van der Waals surface area (Å²) in [6.45, 7) is 13.4. The molecule has 0 amide bonds. The molecule has 0 aliphatic heterocycles. The molecule has 0 spiro atoms. The average Bonchev–Trinajstić information content (AvgIpc) is 2.81. The van der Waals surface area contributed by atoms with E-state index in [2.05, 4.69) is 100 Å². The highest BCUT2D eigenvalue weighted by Crippen LogP contribution is 2.38. The Morgan fingerprint density at radius 1 is 1.00 bits per heavy atom. The fourth-order valence-corrected chi connectivity index (χ4v) is 6.32. The van der Waals surface area contributed by atoms with Crippen LogP contribution in [0.2, 0.25) is 25.7 Å². The molecule has 5 rings (SSSR count). The van der Waals surface area contributed by atoms with Crippen LogP contribution in [-0.2, 0) is 4.74 Å². The van der Waals surface area contributed by atoms with Gasteiger partial charge in [-0.25, -0.2) is 0 Å². The van der Waals surface area contributed by atoms with E-state index in [4.69, 9.17) is 4.74 Å². The molecular formula is C32H38OSi. The van der Waals surface area contributed by atoms with Gasteiger partial charge in [-0.2, -0.15) is 0 Å². The normalized spacial score (nSPS) is 21.1. The third-order valence-electron chi connectivity index (χ3n) is 7.72. The molecule has 0 saturated carbocycles. The van der Waals surface area contributed by atoms with Gasteiger partial charge in [0, 0.05) is 26.5 Å². The van der Waals surface area contributed by atoms with Crippen molar-refractivity contribution in [2.45, 2.75) is 58.3 Å². The minimum atomic E-state index is -1.05. The highest BCUT2D eigenvalue weighted by Gasteiger charge is 2.23. The van der Waals surface area contributed by atoms with Gasteiger partial charge in [-0.3, -0.25) is 0 Å². The van der Waals surface area contributed by atoms with Crippen LogP contribution in [0, 0.1) is 12.8 Å². The molecule has 1 unspecified atom stereocenters. The Morgan fingerprint density at radius 2 is 1.82 bits per heavy atom. The van der Waals surface area contributed by atoms with Crippen LogP contribution in [0.5, 0.6) is 0 Å². The first kappa shape index (κ1) is 23.3. The standard InChI is InChI=1S/C32H38OSi/c1-22-8-6-7-9-28(22)25-10-13-29-26(19-25)12-15-31-30(29)14-11-24-18-23(2)27(20-32(24)31)21-33-16-17-34(3,4)5/h6-11,13-15,18,20,25,27H,12,16-17,19,21H2,1-5H3/t25-,27?/m1/s1. The van der Waals surface area contributed by atoms with Gasteiger partial charge in [-0.1, -0.05) is 97.6 Å². The molecule has 176 valence electrons. The molecular weight excluding hydrogens is 428 g/mol.